The molecule has 2 heterocycles. The van der Waals surface area contributed by atoms with Crippen LogP contribution in [0.3, 0.4) is 0 Å². The van der Waals surface area contributed by atoms with Crippen LogP contribution in [0.1, 0.15) is 24.3 Å². The Labute approximate surface area is 154 Å². The normalized spacial score (nSPS) is 14.9. The molecule has 0 unspecified atom stereocenters. The van der Waals surface area contributed by atoms with Crippen molar-refractivity contribution in [3.8, 4) is 5.75 Å². The fourth-order valence-electron chi connectivity index (χ4n) is 2.90. The summed E-state index contributed by atoms with van der Waals surface area (Å²) >= 11 is 0. The average molecular weight is 355 g/mol. The molecule has 1 fully saturated rings. The van der Waals surface area contributed by atoms with Crippen molar-refractivity contribution in [2.45, 2.75) is 13.8 Å². The first-order valence-corrected chi connectivity index (χ1v) is 9.05. The molecule has 1 aliphatic heterocycles. The molecule has 0 atom stereocenters. The standard InChI is InChI=1S/C19H25N5O2/c1-3-23-11-13-24(14-12-23)18-10-9-17(21-22-18)19(25)20-15-5-7-16(8-6-15)26-4-2/h5-10H,3-4,11-14H2,1-2H3,(H,20,25). The van der Waals surface area contributed by atoms with Gasteiger partial charge in [-0.2, -0.15) is 0 Å². The van der Waals surface area contributed by atoms with Crippen molar-refractivity contribution < 1.29 is 9.53 Å². The van der Waals surface area contributed by atoms with Gasteiger partial charge in [0.05, 0.1) is 6.61 Å². The Bertz CT molecular complexity index is 710. The molecule has 138 valence electrons. The molecule has 0 radical (unpaired) electrons. The lowest BCUT2D eigenvalue weighted by Crippen LogP contribution is -2.46. The number of ether oxygens (including phenoxy) is 1. The number of nitrogens with one attached hydrogen (secondary N) is 1. The molecule has 7 heteroatoms. The van der Waals surface area contributed by atoms with E-state index < -0.39 is 0 Å². The Morgan fingerprint density at radius 3 is 2.35 bits per heavy atom. The molecule has 1 aromatic heterocycles. The second kappa shape index (κ2) is 8.62. The topological polar surface area (TPSA) is 70.6 Å². The lowest BCUT2D eigenvalue weighted by atomic mass is 10.2. The molecular weight excluding hydrogens is 330 g/mol. The monoisotopic (exact) mass is 355 g/mol. The summed E-state index contributed by atoms with van der Waals surface area (Å²) in [4.78, 5) is 16.9. The van der Waals surface area contributed by atoms with Gasteiger partial charge in [0.15, 0.2) is 11.5 Å². The molecule has 0 bridgehead atoms. The number of likely N-dealkylation sites (N-methyl/N-ethyl adjacent to an activating group) is 1. The van der Waals surface area contributed by atoms with Crippen LogP contribution >= 0.6 is 0 Å². The number of nitrogens with zero attached hydrogens (tertiary/aromatic N) is 4. The van der Waals surface area contributed by atoms with Crippen molar-refractivity contribution in [1.29, 1.82) is 0 Å². The highest BCUT2D eigenvalue weighted by molar-refractivity contribution is 6.02. The van der Waals surface area contributed by atoms with Gasteiger partial charge in [0.2, 0.25) is 0 Å². The quantitative estimate of drug-likeness (QED) is 0.857. The lowest BCUT2D eigenvalue weighted by Gasteiger charge is -2.34. The van der Waals surface area contributed by atoms with Gasteiger partial charge in [-0.05, 0) is 49.9 Å². The van der Waals surface area contributed by atoms with Crippen LogP contribution in [0.25, 0.3) is 0 Å². The van der Waals surface area contributed by atoms with E-state index in [2.05, 4.69) is 32.2 Å². The molecule has 3 rings (SSSR count). The van der Waals surface area contributed by atoms with Crippen LogP contribution in [0, 0.1) is 0 Å². The molecular formula is C19H25N5O2. The summed E-state index contributed by atoms with van der Waals surface area (Å²) in [6, 6.07) is 10.8. The van der Waals surface area contributed by atoms with Gasteiger partial charge in [0.25, 0.3) is 5.91 Å². The molecule has 7 nitrogen and oxygen atoms in total. The third kappa shape index (κ3) is 4.49. The zero-order chi connectivity index (χ0) is 18.4. The number of amides is 1. The van der Waals surface area contributed by atoms with Crippen molar-refractivity contribution in [3.05, 3.63) is 42.1 Å². The van der Waals surface area contributed by atoms with E-state index in [0.717, 1.165) is 44.3 Å². The molecule has 1 saturated heterocycles. The Hall–Kier alpha value is -2.67. The fourth-order valence-corrected chi connectivity index (χ4v) is 2.90. The van der Waals surface area contributed by atoms with E-state index in [0.29, 0.717) is 18.0 Å². The number of piperazine rings is 1. The second-order valence-corrected chi connectivity index (χ2v) is 6.11. The summed E-state index contributed by atoms with van der Waals surface area (Å²) in [7, 11) is 0. The largest absolute Gasteiger partial charge is 0.494 e. The number of anilines is 2. The summed E-state index contributed by atoms with van der Waals surface area (Å²) in [5, 5.41) is 11.1. The van der Waals surface area contributed by atoms with E-state index in [9.17, 15) is 4.79 Å². The van der Waals surface area contributed by atoms with Gasteiger partial charge in [-0.3, -0.25) is 4.79 Å². The first-order valence-electron chi connectivity index (χ1n) is 9.05. The maximum atomic E-state index is 12.3. The Kier molecular flexibility index (Phi) is 6.01. The van der Waals surface area contributed by atoms with Crippen molar-refractivity contribution >= 4 is 17.4 Å². The Balaban J connectivity index is 1.58. The van der Waals surface area contributed by atoms with Crippen LogP contribution in [-0.4, -0.2) is 60.3 Å². The van der Waals surface area contributed by atoms with Crippen molar-refractivity contribution in [2.24, 2.45) is 0 Å². The number of carbonyl (C=O) groups is 1. The van der Waals surface area contributed by atoms with Gasteiger partial charge in [-0.25, -0.2) is 0 Å². The molecule has 1 aliphatic rings. The molecule has 26 heavy (non-hydrogen) atoms. The predicted molar refractivity (Wildman–Crippen MR) is 102 cm³/mol. The van der Waals surface area contributed by atoms with Crippen molar-refractivity contribution in [2.75, 3.05) is 49.5 Å². The Morgan fingerprint density at radius 2 is 1.77 bits per heavy atom. The summed E-state index contributed by atoms with van der Waals surface area (Å²) < 4.78 is 5.39. The second-order valence-electron chi connectivity index (χ2n) is 6.11. The first kappa shape index (κ1) is 18.1. The van der Waals surface area contributed by atoms with Crippen LogP contribution in [0.15, 0.2) is 36.4 Å². The number of hydrogen-bond donors (Lipinski definition) is 1. The number of carbonyl (C=O) groups excluding carboxylic acids is 1. The van der Waals surface area contributed by atoms with E-state index in [1.54, 1.807) is 18.2 Å². The number of benzene rings is 1. The minimum absolute atomic E-state index is 0.274. The minimum Gasteiger partial charge on any atom is -0.494 e. The third-order valence-electron chi connectivity index (χ3n) is 4.45. The van der Waals surface area contributed by atoms with Gasteiger partial charge in [0, 0.05) is 31.9 Å². The maximum Gasteiger partial charge on any atom is 0.276 e. The highest BCUT2D eigenvalue weighted by Crippen LogP contribution is 2.17. The van der Waals surface area contributed by atoms with Crippen molar-refractivity contribution in [1.82, 2.24) is 15.1 Å². The molecule has 0 spiro atoms. The molecule has 2 aromatic rings. The van der Waals surface area contributed by atoms with Gasteiger partial charge >= 0.3 is 0 Å². The average Bonchev–Trinajstić information content (AvgIpc) is 2.70. The van der Waals surface area contributed by atoms with E-state index in [1.807, 2.05) is 25.1 Å². The number of rotatable bonds is 6. The SMILES string of the molecule is CCOc1ccc(NC(=O)c2ccc(N3CCN(CC)CC3)nn2)cc1. The van der Waals surface area contributed by atoms with E-state index >= 15 is 0 Å². The summed E-state index contributed by atoms with van der Waals surface area (Å²) in [5.74, 6) is 1.32. The molecule has 1 N–H and O–H groups in total. The minimum atomic E-state index is -0.274. The molecule has 0 saturated carbocycles. The predicted octanol–water partition coefficient (Wildman–Crippen LogP) is 2.27. The zero-order valence-corrected chi connectivity index (χ0v) is 15.3. The zero-order valence-electron chi connectivity index (χ0n) is 15.3. The van der Waals surface area contributed by atoms with Crippen LogP contribution < -0.4 is 15.0 Å². The van der Waals surface area contributed by atoms with Crippen LogP contribution in [0.2, 0.25) is 0 Å². The molecule has 0 aliphatic carbocycles. The fraction of sp³-hybridized carbons (Fsp3) is 0.421. The van der Waals surface area contributed by atoms with Gasteiger partial charge in [-0.1, -0.05) is 6.92 Å². The summed E-state index contributed by atoms with van der Waals surface area (Å²) in [6.07, 6.45) is 0. The third-order valence-corrected chi connectivity index (χ3v) is 4.45. The smallest absolute Gasteiger partial charge is 0.276 e. The van der Waals surface area contributed by atoms with Gasteiger partial charge in [0.1, 0.15) is 5.75 Å². The van der Waals surface area contributed by atoms with Crippen molar-refractivity contribution in [3.63, 3.8) is 0 Å². The molecule has 1 aromatic carbocycles. The first-order chi connectivity index (χ1) is 12.7. The van der Waals surface area contributed by atoms with E-state index in [1.165, 1.54) is 0 Å². The van der Waals surface area contributed by atoms with Crippen LogP contribution in [0.4, 0.5) is 11.5 Å². The van der Waals surface area contributed by atoms with E-state index in [4.69, 9.17) is 4.74 Å². The Morgan fingerprint density at radius 1 is 1.04 bits per heavy atom. The van der Waals surface area contributed by atoms with Gasteiger partial charge in [-0.15, -0.1) is 10.2 Å². The number of aromatic nitrogens is 2. The van der Waals surface area contributed by atoms with Crippen LogP contribution in [-0.2, 0) is 0 Å². The van der Waals surface area contributed by atoms with Crippen LogP contribution in [0.5, 0.6) is 5.75 Å². The lowest BCUT2D eigenvalue weighted by molar-refractivity contribution is 0.102. The maximum absolute atomic E-state index is 12.3. The highest BCUT2D eigenvalue weighted by atomic mass is 16.5. The van der Waals surface area contributed by atoms with Gasteiger partial charge < -0.3 is 19.9 Å². The highest BCUT2D eigenvalue weighted by Gasteiger charge is 2.17. The summed E-state index contributed by atoms with van der Waals surface area (Å²) in [6.45, 7) is 9.71. The number of hydrogen-bond acceptors (Lipinski definition) is 6. The summed E-state index contributed by atoms with van der Waals surface area (Å²) in [5.41, 5.74) is 0.995. The molecule has 1 amide bonds. The van der Waals surface area contributed by atoms with E-state index in [-0.39, 0.29) is 5.91 Å².